The number of aliphatic hydroxyl groups excluding tert-OH is 1. The van der Waals surface area contributed by atoms with Crippen LogP contribution in [0, 0.1) is 0 Å². The zero-order chi connectivity index (χ0) is 11.1. The van der Waals surface area contributed by atoms with Crippen molar-refractivity contribution < 1.29 is 22.1 Å². The van der Waals surface area contributed by atoms with Crippen molar-refractivity contribution in [2.75, 3.05) is 20.7 Å². The Balaban J connectivity index is 0.00000128. The van der Waals surface area contributed by atoms with Gasteiger partial charge >= 0.3 is 0 Å². The Morgan fingerprint density at radius 2 is 1.88 bits per heavy atom. The number of hydrogen-bond acceptors (Lipinski definition) is 1. The summed E-state index contributed by atoms with van der Waals surface area (Å²) in [5, 5.41) is 9.13. The summed E-state index contributed by atoms with van der Waals surface area (Å²) in [5.41, 5.74) is 2.83. The Labute approximate surface area is 108 Å². The number of rotatable bonds is 2. The molecular formula is C13H20BrNO. The standard InChI is InChI=1S/C13H20NO.BrH/c1-10-11(8-9-15)12-6-4-5-7-13(12)14(10,2)3;/h4-7,10-11,15H,8-9H2,1-3H3;1H/q+1;/p-1. The third kappa shape index (κ3) is 1.92. The SMILES string of the molecule is CC1C(CCO)c2ccccc2[N+]1(C)C.[Br-]. The molecule has 1 aliphatic heterocycles. The Kier molecular flexibility index (Phi) is 4.16. The first-order chi connectivity index (χ1) is 7.09. The molecule has 16 heavy (non-hydrogen) atoms. The van der Waals surface area contributed by atoms with Crippen molar-refractivity contribution in [1.82, 2.24) is 4.48 Å². The van der Waals surface area contributed by atoms with Crippen molar-refractivity contribution in [3.8, 4) is 0 Å². The molecule has 0 amide bonds. The minimum atomic E-state index is 0. The van der Waals surface area contributed by atoms with Gasteiger partial charge in [0.1, 0.15) is 5.69 Å². The minimum absolute atomic E-state index is 0. The zero-order valence-corrected chi connectivity index (χ0v) is 11.7. The molecule has 0 saturated carbocycles. The maximum Gasteiger partial charge on any atom is 0.136 e. The summed E-state index contributed by atoms with van der Waals surface area (Å²) in [5.74, 6) is 0.501. The zero-order valence-electron chi connectivity index (χ0n) is 10.2. The highest BCUT2D eigenvalue weighted by Crippen LogP contribution is 2.45. The molecule has 1 heterocycles. The van der Waals surface area contributed by atoms with Crippen molar-refractivity contribution in [2.24, 2.45) is 0 Å². The fraction of sp³-hybridized carbons (Fsp3) is 0.538. The molecule has 0 saturated heterocycles. The second kappa shape index (κ2) is 4.86. The van der Waals surface area contributed by atoms with Crippen LogP contribution < -0.4 is 21.5 Å². The van der Waals surface area contributed by atoms with Crippen LogP contribution in [-0.2, 0) is 0 Å². The second-order valence-corrected chi connectivity index (χ2v) is 4.96. The van der Waals surface area contributed by atoms with E-state index in [1.54, 1.807) is 0 Å². The summed E-state index contributed by atoms with van der Waals surface area (Å²) in [6, 6.07) is 9.17. The fourth-order valence-corrected chi connectivity index (χ4v) is 2.79. The average Bonchev–Trinajstić information content (AvgIpc) is 2.42. The van der Waals surface area contributed by atoms with Crippen molar-refractivity contribution in [3.05, 3.63) is 29.8 Å². The van der Waals surface area contributed by atoms with Crippen molar-refractivity contribution in [1.29, 1.82) is 0 Å². The number of hydrogen-bond donors (Lipinski definition) is 1. The number of quaternary nitrogens is 1. The third-order valence-electron chi connectivity index (χ3n) is 4.00. The number of likely N-dealkylation sites (N-methyl/N-ethyl adjacent to an activating group) is 1. The first kappa shape index (κ1) is 13.7. The van der Waals surface area contributed by atoms with Crippen molar-refractivity contribution in [3.63, 3.8) is 0 Å². The van der Waals surface area contributed by atoms with Gasteiger partial charge in [-0.15, -0.1) is 0 Å². The fourth-order valence-electron chi connectivity index (χ4n) is 2.79. The van der Waals surface area contributed by atoms with Crippen LogP contribution in [0.4, 0.5) is 5.69 Å². The molecule has 2 unspecified atom stereocenters. The highest BCUT2D eigenvalue weighted by atomic mass is 79.9. The van der Waals surface area contributed by atoms with Gasteiger partial charge in [-0.05, 0) is 19.4 Å². The van der Waals surface area contributed by atoms with Crippen LogP contribution in [0.25, 0.3) is 0 Å². The maximum atomic E-state index is 9.13. The molecule has 2 atom stereocenters. The molecule has 1 aromatic rings. The summed E-state index contributed by atoms with van der Waals surface area (Å²) in [7, 11) is 4.50. The van der Waals surface area contributed by atoms with Gasteiger partial charge in [0.2, 0.25) is 0 Å². The number of aliphatic hydroxyl groups is 1. The molecule has 0 fully saturated rings. The summed E-state index contributed by atoms with van der Waals surface area (Å²) in [4.78, 5) is 0. The quantitative estimate of drug-likeness (QED) is 0.701. The lowest BCUT2D eigenvalue weighted by Crippen LogP contribution is -3.00. The van der Waals surface area contributed by atoms with Gasteiger partial charge in [-0.1, -0.05) is 18.2 Å². The minimum Gasteiger partial charge on any atom is -1.00 e. The lowest BCUT2D eigenvalue weighted by Gasteiger charge is -2.31. The third-order valence-corrected chi connectivity index (χ3v) is 4.00. The van der Waals surface area contributed by atoms with E-state index in [1.807, 2.05) is 0 Å². The first-order valence-corrected chi connectivity index (χ1v) is 5.63. The Morgan fingerprint density at radius 3 is 2.50 bits per heavy atom. The van der Waals surface area contributed by atoms with E-state index in [4.69, 9.17) is 5.11 Å². The van der Waals surface area contributed by atoms with E-state index in [0.717, 1.165) is 10.9 Å². The van der Waals surface area contributed by atoms with Crippen LogP contribution >= 0.6 is 0 Å². The number of benzene rings is 1. The van der Waals surface area contributed by atoms with E-state index in [-0.39, 0.29) is 23.6 Å². The Bertz CT molecular complexity index is 365. The van der Waals surface area contributed by atoms with Crippen molar-refractivity contribution >= 4 is 5.69 Å². The predicted molar refractivity (Wildman–Crippen MR) is 64.0 cm³/mol. The van der Waals surface area contributed by atoms with Gasteiger partial charge in [0.05, 0.1) is 20.1 Å². The molecule has 1 N–H and O–H groups in total. The van der Waals surface area contributed by atoms with Crippen LogP contribution in [-0.4, -0.2) is 31.9 Å². The number of nitrogens with zero attached hydrogens (tertiary/aromatic N) is 1. The highest BCUT2D eigenvalue weighted by molar-refractivity contribution is 5.57. The van der Waals surface area contributed by atoms with Gasteiger partial charge < -0.3 is 22.1 Å². The Morgan fingerprint density at radius 1 is 1.25 bits per heavy atom. The van der Waals surface area contributed by atoms with Crippen LogP contribution in [0.5, 0.6) is 0 Å². The largest absolute Gasteiger partial charge is 1.00 e. The monoisotopic (exact) mass is 285 g/mol. The average molecular weight is 286 g/mol. The van der Waals surface area contributed by atoms with E-state index < -0.39 is 0 Å². The number of para-hydroxylation sites is 1. The summed E-state index contributed by atoms with van der Waals surface area (Å²) in [6.45, 7) is 2.56. The van der Waals surface area contributed by atoms with Gasteiger partial charge in [-0.2, -0.15) is 0 Å². The van der Waals surface area contributed by atoms with E-state index in [9.17, 15) is 0 Å². The summed E-state index contributed by atoms with van der Waals surface area (Å²) in [6.07, 6.45) is 0.875. The van der Waals surface area contributed by atoms with Gasteiger partial charge in [0, 0.05) is 18.1 Å². The summed E-state index contributed by atoms with van der Waals surface area (Å²) < 4.78 is 0.931. The van der Waals surface area contributed by atoms with E-state index in [0.29, 0.717) is 12.0 Å². The molecule has 0 aromatic heterocycles. The van der Waals surface area contributed by atoms with E-state index in [2.05, 4.69) is 45.3 Å². The molecule has 0 aliphatic carbocycles. The van der Waals surface area contributed by atoms with Crippen LogP contribution in [0.2, 0.25) is 0 Å². The second-order valence-electron chi connectivity index (χ2n) is 4.96. The number of halogens is 1. The predicted octanol–water partition coefficient (Wildman–Crippen LogP) is -0.874. The highest BCUT2D eigenvalue weighted by Gasteiger charge is 2.43. The molecule has 0 bridgehead atoms. The van der Waals surface area contributed by atoms with Crippen molar-refractivity contribution in [2.45, 2.75) is 25.3 Å². The van der Waals surface area contributed by atoms with E-state index >= 15 is 0 Å². The van der Waals surface area contributed by atoms with Crippen LogP contribution in [0.15, 0.2) is 24.3 Å². The normalized spacial score (nSPS) is 26.0. The van der Waals surface area contributed by atoms with Gasteiger partial charge in [-0.3, -0.25) is 4.48 Å². The first-order valence-electron chi connectivity index (χ1n) is 5.63. The molecule has 0 radical (unpaired) electrons. The Hall–Kier alpha value is -0.380. The molecular weight excluding hydrogens is 266 g/mol. The van der Waals surface area contributed by atoms with Gasteiger partial charge in [0.25, 0.3) is 0 Å². The molecule has 1 aromatic carbocycles. The molecule has 0 spiro atoms. The van der Waals surface area contributed by atoms with Gasteiger partial charge in [0.15, 0.2) is 0 Å². The maximum absolute atomic E-state index is 9.13. The van der Waals surface area contributed by atoms with Crippen LogP contribution in [0.3, 0.4) is 0 Å². The van der Waals surface area contributed by atoms with Gasteiger partial charge in [-0.25, -0.2) is 0 Å². The molecule has 3 heteroatoms. The molecule has 2 nitrogen and oxygen atoms in total. The summed E-state index contributed by atoms with van der Waals surface area (Å²) >= 11 is 0. The smallest absolute Gasteiger partial charge is 0.136 e. The topological polar surface area (TPSA) is 20.2 Å². The molecule has 2 rings (SSSR count). The molecule has 90 valence electrons. The number of fused-ring (bicyclic) bond motifs is 1. The lowest BCUT2D eigenvalue weighted by molar-refractivity contribution is -0.00000443. The lowest BCUT2D eigenvalue weighted by atomic mass is 9.93. The molecule has 1 aliphatic rings. The van der Waals surface area contributed by atoms with Crippen LogP contribution in [0.1, 0.15) is 24.8 Å². The van der Waals surface area contributed by atoms with E-state index in [1.165, 1.54) is 11.3 Å².